The van der Waals surface area contributed by atoms with E-state index in [2.05, 4.69) is 86.4 Å². The van der Waals surface area contributed by atoms with Crippen LogP contribution >= 0.6 is 0 Å². The number of rotatable bonds is 11. The summed E-state index contributed by atoms with van der Waals surface area (Å²) < 4.78 is 0. The highest BCUT2D eigenvalue weighted by Gasteiger charge is 2.23. The van der Waals surface area contributed by atoms with Gasteiger partial charge in [-0.1, -0.05) is 93.6 Å². The molecule has 2 aromatic carbocycles. The van der Waals surface area contributed by atoms with Gasteiger partial charge in [0, 0.05) is 12.6 Å². The van der Waals surface area contributed by atoms with Gasteiger partial charge in [-0.25, -0.2) is 0 Å². The van der Waals surface area contributed by atoms with Crippen LogP contribution in [0.5, 0.6) is 0 Å². The predicted octanol–water partition coefficient (Wildman–Crippen LogP) is 7.87. The molecule has 0 spiro atoms. The molecule has 1 aliphatic rings. The highest BCUT2D eigenvalue weighted by molar-refractivity contribution is 5.99. The van der Waals surface area contributed by atoms with E-state index in [9.17, 15) is 10.2 Å². The monoisotopic (exact) mass is 503 g/mol. The first kappa shape index (κ1) is 30.8. The fraction of sp³-hybridized carbons (Fsp3) is 0.471. The summed E-state index contributed by atoms with van der Waals surface area (Å²) in [4.78, 5) is 2.58. The molecule has 3 heteroatoms. The summed E-state index contributed by atoms with van der Waals surface area (Å²) in [6.07, 6.45) is 10.9. The minimum Gasteiger partial charge on any atom is -0.396 e. The Labute approximate surface area is 226 Å². The molecule has 0 bridgehead atoms. The van der Waals surface area contributed by atoms with Gasteiger partial charge < -0.3 is 15.1 Å². The fourth-order valence-electron chi connectivity index (χ4n) is 5.17. The Morgan fingerprint density at radius 1 is 0.973 bits per heavy atom. The Balaban J connectivity index is 0.00000235. The molecular weight excluding hydrogens is 454 g/mol. The van der Waals surface area contributed by atoms with E-state index in [0.717, 1.165) is 31.5 Å². The first-order valence-electron chi connectivity index (χ1n) is 14.3. The zero-order chi connectivity index (χ0) is 27.0. The summed E-state index contributed by atoms with van der Waals surface area (Å²) >= 11 is 0. The van der Waals surface area contributed by atoms with Gasteiger partial charge in [0.1, 0.15) is 0 Å². The molecule has 0 amide bonds. The quantitative estimate of drug-likeness (QED) is 0.242. The second kappa shape index (κ2) is 17.1. The van der Waals surface area contributed by atoms with Crippen LogP contribution in [0.3, 0.4) is 0 Å². The topological polar surface area (TPSA) is 43.7 Å². The second-order valence-electron chi connectivity index (χ2n) is 9.73. The first-order valence-corrected chi connectivity index (χ1v) is 14.3. The largest absolute Gasteiger partial charge is 0.396 e. The Morgan fingerprint density at radius 3 is 2.24 bits per heavy atom. The van der Waals surface area contributed by atoms with Crippen molar-refractivity contribution in [1.82, 2.24) is 4.90 Å². The molecular formula is C34H49NO2. The molecule has 1 aliphatic heterocycles. The Kier molecular flexibility index (Phi) is 14.2. The maximum absolute atomic E-state index is 9.68. The third-order valence-corrected chi connectivity index (χ3v) is 7.03. The number of piperidine rings is 1. The van der Waals surface area contributed by atoms with Gasteiger partial charge >= 0.3 is 0 Å². The van der Waals surface area contributed by atoms with Crippen LogP contribution in [0, 0.1) is 0 Å². The molecule has 2 aromatic rings. The summed E-state index contributed by atoms with van der Waals surface area (Å²) in [5.74, 6) is 0.579. The number of aliphatic hydroxyl groups excluding tert-OH is 2. The van der Waals surface area contributed by atoms with Gasteiger partial charge in [-0.05, 0) is 98.4 Å². The van der Waals surface area contributed by atoms with E-state index in [4.69, 9.17) is 0 Å². The molecule has 1 heterocycles. The molecule has 3 nitrogen and oxygen atoms in total. The van der Waals surface area contributed by atoms with Crippen molar-refractivity contribution in [1.29, 1.82) is 0 Å². The smallest absolute Gasteiger partial charge is 0.0615 e. The lowest BCUT2D eigenvalue weighted by molar-refractivity contribution is 0.172. The number of hydrogen-bond donors (Lipinski definition) is 2. The van der Waals surface area contributed by atoms with E-state index < -0.39 is 0 Å². The third kappa shape index (κ3) is 9.10. The second-order valence-corrected chi connectivity index (χ2v) is 9.73. The van der Waals surface area contributed by atoms with Crippen molar-refractivity contribution in [2.75, 3.05) is 26.3 Å². The van der Waals surface area contributed by atoms with E-state index in [1.165, 1.54) is 40.7 Å². The van der Waals surface area contributed by atoms with E-state index >= 15 is 0 Å². The van der Waals surface area contributed by atoms with Crippen LogP contribution in [0.25, 0.3) is 11.1 Å². The Hall–Kier alpha value is -2.46. The van der Waals surface area contributed by atoms with Gasteiger partial charge in [-0.15, -0.1) is 0 Å². The summed E-state index contributed by atoms with van der Waals surface area (Å²) in [5, 5.41) is 19.2. The molecule has 1 fully saturated rings. The zero-order valence-corrected chi connectivity index (χ0v) is 23.8. The van der Waals surface area contributed by atoms with Gasteiger partial charge in [-0.3, -0.25) is 0 Å². The Bertz CT molecular complexity index is 995. The lowest BCUT2D eigenvalue weighted by Gasteiger charge is -2.35. The number of aliphatic hydroxyl groups is 2. The molecule has 3 rings (SSSR count). The van der Waals surface area contributed by atoms with Gasteiger partial charge in [0.15, 0.2) is 0 Å². The number of nitrogens with zero attached hydrogens (tertiary/aromatic N) is 1. The van der Waals surface area contributed by atoms with Crippen LogP contribution in [0.4, 0.5) is 0 Å². The summed E-state index contributed by atoms with van der Waals surface area (Å²) in [6, 6.07) is 20.3. The highest BCUT2D eigenvalue weighted by Crippen LogP contribution is 2.38. The minimum absolute atomic E-state index is 0.0140. The molecule has 0 unspecified atom stereocenters. The first-order chi connectivity index (χ1) is 18.1. The molecule has 0 aromatic heterocycles. The molecule has 0 aliphatic carbocycles. The van der Waals surface area contributed by atoms with Crippen molar-refractivity contribution in [3.8, 4) is 0 Å². The summed E-state index contributed by atoms with van der Waals surface area (Å²) in [5.41, 5.74) is 7.40. The number of benzene rings is 2. The lowest BCUT2D eigenvalue weighted by Crippen LogP contribution is -2.37. The minimum atomic E-state index is 0.0140. The van der Waals surface area contributed by atoms with Crippen molar-refractivity contribution < 1.29 is 10.2 Å². The zero-order valence-electron chi connectivity index (χ0n) is 23.8. The van der Waals surface area contributed by atoms with Crippen LogP contribution < -0.4 is 0 Å². The standard InChI is InChI=1S/C32H43NO2.C2H6/c1-4-11-28(16-9-22-34)32(31(17-10-23-35)27-12-6-5-7-13-27)30-15-8-14-29(24-30)26-18-20-33(21-19-26)25(2)3;1-2/h5-9,11-16,24-26,34-35H,4,10,17-23H2,1-3H3;1-2H3/b16-9-,28-11+,32-31-;. The van der Waals surface area contributed by atoms with Crippen LogP contribution in [-0.2, 0) is 0 Å². The van der Waals surface area contributed by atoms with Crippen molar-refractivity contribution in [3.05, 3.63) is 95.1 Å². The van der Waals surface area contributed by atoms with Crippen LogP contribution in [0.2, 0.25) is 0 Å². The van der Waals surface area contributed by atoms with Crippen LogP contribution in [0.15, 0.2) is 78.4 Å². The van der Waals surface area contributed by atoms with Crippen molar-refractivity contribution in [2.45, 2.75) is 78.7 Å². The SMILES string of the molecule is CC.CC/C=C(\C=C/CO)C(=C(\CCCO)c1ccccc1)/c1cccc(C2CCN(C(C)C)CC2)c1. The maximum Gasteiger partial charge on any atom is 0.0615 e. The number of likely N-dealkylation sites (tertiary alicyclic amines) is 1. The van der Waals surface area contributed by atoms with E-state index in [1.54, 1.807) is 0 Å². The predicted molar refractivity (Wildman–Crippen MR) is 161 cm³/mol. The van der Waals surface area contributed by atoms with Gasteiger partial charge in [0.25, 0.3) is 0 Å². The molecule has 37 heavy (non-hydrogen) atoms. The van der Waals surface area contributed by atoms with E-state index in [0.29, 0.717) is 18.4 Å². The Morgan fingerprint density at radius 2 is 1.65 bits per heavy atom. The summed E-state index contributed by atoms with van der Waals surface area (Å²) in [7, 11) is 0. The number of allylic oxidation sites excluding steroid dienone is 5. The lowest BCUT2D eigenvalue weighted by atomic mass is 9.83. The third-order valence-electron chi connectivity index (χ3n) is 7.03. The van der Waals surface area contributed by atoms with E-state index in [1.807, 2.05) is 26.0 Å². The van der Waals surface area contributed by atoms with Gasteiger partial charge in [0.05, 0.1) is 6.61 Å². The average molecular weight is 504 g/mol. The van der Waals surface area contributed by atoms with Crippen LogP contribution in [-0.4, -0.2) is 47.5 Å². The maximum atomic E-state index is 9.68. The molecule has 0 saturated carbocycles. The van der Waals surface area contributed by atoms with Gasteiger partial charge in [-0.2, -0.15) is 0 Å². The average Bonchev–Trinajstić information content (AvgIpc) is 2.95. The molecule has 1 saturated heterocycles. The van der Waals surface area contributed by atoms with Crippen LogP contribution in [0.1, 0.15) is 89.3 Å². The highest BCUT2D eigenvalue weighted by atomic mass is 16.3. The normalized spacial score (nSPS) is 16.1. The molecule has 0 radical (unpaired) electrons. The molecule has 2 N–H and O–H groups in total. The van der Waals surface area contributed by atoms with Crippen molar-refractivity contribution >= 4 is 11.1 Å². The van der Waals surface area contributed by atoms with Crippen molar-refractivity contribution in [2.24, 2.45) is 0 Å². The number of hydrogen-bond acceptors (Lipinski definition) is 3. The fourth-order valence-corrected chi connectivity index (χ4v) is 5.17. The molecule has 202 valence electrons. The molecule has 0 atom stereocenters. The van der Waals surface area contributed by atoms with E-state index in [-0.39, 0.29) is 13.2 Å². The van der Waals surface area contributed by atoms with Crippen molar-refractivity contribution in [3.63, 3.8) is 0 Å². The van der Waals surface area contributed by atoms with Gasteiger partial charge in [0.2, 0.25) is 0 Å². The summed E-state index contributed by atoms with van der Waals surface area (Å²) in [6.45, 7) is 13.2.